The van der Waals surface area contributed by atoms with Crippen molar-refractivity contribution >= 4 is 28.3 Å². The van der Waals surface area contributed by atoms with Crippen LogP contribution in [0.25, 0.3) is 11.0 Å². The zero-order valence-electron chi connectivity index (χ0n) is 19.0. The van der Waals surface area contributed by atoms with Crippen LogP contribution in [-0.2, 0) is 4.79 Å². The van der Waals surface area contributed by atoms with Gasteiger partial charge in [0.05, 0.1) is 18.7 Å². The Morgan fingerprint density at radius 2 is 1.74 bits per heavy atom. The molecule has 1 N–H and O–H groups in total. The minimum Gasteiger partial charge on any atom is -0.503 e. The number of furan rings is 1. The molecule has 1 aliphatic heterocycles. The first-order valence-corrected chi connectivity index (χ1v) is 10.9. The molecule has 3 aromatic carbocycles. The molecule has 1 unspecified atom stereocenters. The van der Waals surface area contributed by atoms with E-state index in [2.05, 4.69) is 0 Å². The molecule has 5 rings (SSSR count). The number of benzene rings is 3. The molecule has 34 heavy (non-hydrogen) atoms. The Hall–Kier alpha value is -4.32. The second kappa shape index (κ2) is 8.23. The zero-order chi connectivity index (χ0) is 24.0. The fraction of sp³-hybridized carbons (Fsp3) is 0.143. The summed E-state index contributed by atoms with van der Waals surface area (Å²) in [6, 6.07) is 21.0. The number of Topliss-reactive ketones (excluding diaryl/α,β-unsaturated/α-hetero) is 1. The van der Waals surface area contributed by atoms with Crippen molar-refractivity contribution in [2.75, 3.05) is 12.0 Å². The number of hydrogen-bond acceptors (Lipinski definition) is 5. The van der Waals surface area contributed by atoms with Gasteiger partial charge in [-0.15, -0.1) is 0 Å². The molecule has 6 heteroatoms. The van der Waals surface area contributed by atoms with Crippen molar-refractivity contribution in [1.29, 1.82) is 0 Å². The highest BCUT2D eigenvalue weighted by atomic mass is 16.5. The number of aryl methyl sites for hydroxylation is 2. The molecular formula is C28H23NO5. The number of fused-ring (bicyclic) bond motifs is 1. The topological polar surface area (TPSA) is 80.0 Å². The number of hydrogen-bond donors (Lipinski definition) is 1. The fourth-order valence-electron chi connectivity index (χ4n) is 4.37. The van der Waals surface area contributed by atoms with E-state index in [4.69, 9.17) is 9.15 Å². The lowest BCUT2D eigenvalue weighted by molar-refractivity contribution is -0.117. The monoisotopic (exact) mass is 453 g/mol. The minimum absolute atomic E-state index is 0.0209. The number of aliphatic hydroxyl groups excluding tert-OH is 1. The Morgan fingerprint density at radius 1 is 0.971 bits per heavy atom. The van der Waals surface area contributed by atoms with Crippen LogP contribution in [0.15, 0.2) is 88.5 Å². The first-order valence-electron chi connectivity index (χ1n) is 10.9. The van der Waals surface area contributed by atoms with Crippen LogP contribution >= 0.6 is 0 Å². The van der Waals surface area contributed by atoms with Crippen molar-refractivity contribution in [1.82, 2.24) is 0 Å². The molecular weight excluding hydrogens is 430 g/mol. The van der Waals surface area contributed by atoms with Crippen LogP contribution in [0.4, 0.5) is 5.69 Å². The van der Waals surface area contributed by atoms with E-state index >= 15 is 0 Å². The summed E-state index contributed by atoms with van der Waals surface area (Å²) in [6.45, 7) is 3.94. The molecule has 1 aliphatic rings. The maximum atomic E-state index is 13.7. The third-order valence-electron chi connectivity index (χ3n) is 6.29. The number of anilines is 1. The smallest absolute Gasteiger partial charge is 0.294 e. The third kappa shape index (κ3) is 3.35. The van der Waals surface area contributed by atoms with E-state index in [0.717, 1.165) is 11.1 Å². The van der Waals surface area contributed by atoms with Crippen LogP contribution in [0.2, 0.25) is 0 Å². The summed E-state index contributed by atoms with van der Waals surface area (Å²) >= 11 is 0. The van der Waals surface area contributed by atoms with Gasteiger partial charge in [-0.1, -0.05) is 48.5 Å². The molecule has 0 saturated carbocycles. The molecule has 2 heterocycles. The summed E-state index contributed by atoms with van der Waals surface area (Å²) in [5.74, 6) is -1.24. The largest absolute Gasteiger partial charge is 0.503 e. The number of para-hydroxylation sites is 1. The molecule has 0 spiro atoms. The SMILES string of the molecule is COc1cccc2cc(C(=O)C3=C(O)C(=O)N(c4ccc(C)c(C)c4)C3c3ccccc3)oc12. The van der Waals surface area contributed by atoms with Gasteiger partial charge in [0.1, 0.15) is 0 Å². The van der Waals surface area contributed by atoms with Crippen molar-refractivity contribution in [3.63, 3.8) is 0 Å². The Balaban J connectivity index is 1.66. The van der Waals surface area contributed by atoms with E-state index in [0.29, 0.717) is 28.0 Å². The van der Waals surface area contributed by atoms with Gasteiger partial charge in [0.25, 0.3) is 5.91 Å². The summed E-state index contributed by atoms with van der Waals surface area (Å²) in [6.07, 6.45) is 0. The third-order valence-corrected chi connectivity index (χ3v) is 6.29. The molecule has 170 valence electrons. The normalized spacial score (nSPS) is 15.9. The van der Waals surface area contributed by atoms with Gasteiger partial charge >= 0.3 is 0 Å². The second-order valence-corrected chi connectivity index (χ2v) is 8.34. The molecule has 0 saturated heterocycles. The van der Waals surface area contributed by atoms with Crippen LogP contribution < -0.4 is 9.64 Å². The molecule has 1 atom stereocenters. The standard InChI is InChI=1S/C28H23NO5/c1-16-12-13-20(14-17(16)2)29-24(18-8-5-4-6-9-18)23(26(31)28(29)32)25(30)22-15-19-10-7-11-21(33-3)27(19)34-22/h4-15,24,31H,1-3H3. The van der Waals surface area contributed by atoms with Crippen molar-refractivity contribution in [2.45, 2.75) is 19.9 Å². The number of aliphatic hydroxyl groups is 1. The Bertz CT molecular complexity index is 1460. The van der Waals surface area contributed by atoms with Crippen molar-refractivity contribution in [2.24, 2.45) is 0 Å². The lowest BCUT2D eigenvalue weighted by Crippen LogP contribution is -2.31. The first kappa shape index (κ1) is 21.5. The number of ketones is 1. The van der Waals surface area contributed by atoms with E-state index in [1.54, 1.807) is 18.2 Å². The highest BCUT2D eigenvalue weighted by Crippen LogP contribution is 2.43. The van der Waals surface area contributed by atoms with Crippen molar-refractivity contribution < 1.29 is 23.8 Å². The second-order valence-electron chi connectivity index (χ2n) is 8.34. The van der Waals surface area contributed by atoms with Crippen LogP contribution in [0, 0.1) is 13.8 Å². The molecule has 0 radical (unpaired) electrons. The predicted octanol–water partition coefficient (Wildman–Crippen LogP) is 5.84. The van der Waals surface area contributed by atoms with Gasteiger partial charge in [-0.25, -0.2) is 0 Å². The highest BCUT2D eigenvalue weighted by molar-refractivity contribution is 6.20. The van der Waals surface area contributed by atoms with Gasteiger partial charge < -0.3 is 14.3 Å². The van der Waals surface area contributed by atoms with Gasteiger partial charge in [0.15, 0.2) is 22.9 Å². The molecule has 0 bridgehead atoms. The maximum Gasteiger partial charge on any atom is 0.294 e. The van der Waals surface area contributed by atoms with E-state index < -0.39 is 23.5 Å². The van der Waals surface area contributed by atoms with Crippen molar-refractivity contribution in [3.05, 3.63) is 107 Å². The van der Waals surface area contributed by atoms with Crippen LogP contribution in [0.3, 0.4) is 0 Å². The van der Waals surface area contributed by atoms with Crippen LogP contribution in [0.5, 0.6) is 5.75 Å². The summed E-state index contributed by atoms with van der Waals surface area (Å²) in [5.41, 5.74) is 3.79. The van der Waals surface area contributed by atoms with E-state index in [1.807, 2.05) is 68.4 Å². The van der Waals surface area contributed by atoms with E-state index in [9.17, 15) is 14.7 Å². The van der Waals surface area contributed by atoms with E-state index in [-0.39, 0.29) is 11.3 Å². The Kier molecular flexibility index (Phi) is 5.21. The summed E-state index contributed by atoms with van der Waals surface area (Å²) in [4.78, 5) is 28.5. The number of nitrogens with zero attached hydrogens (tertiary/aromatic N) is 1. The number of rotatable bonds is 5. The number of amides is 1. The van der Waals surface area contributed by atoms with Crippen LogP contribution in [-0.4, -0.2) is 23.9 Å². The first-order chi connectivity index (χ1) is 16.4. The Morgan fingerprint density at radius 3 is 2.44 bits per heavy atom. The molecule has 0 fully saturated rings. The molecule has 6 nitrogen and oxygen atoms in total. The van der Waals surface area contributed by atoms with Gasteiger partial charge in [-0.05, 0) is 54.8 Å². The molecule has 0 aliphatic carbocycles. The average Bonchev–Trinajstić information content (AvgIpc) is 3.40. The summed E-state index contributed by atoms with van der Waals surface area (Å²) in [7, 11) is 1.52. The minimum atomic E-state index is -0.807. The molecule has 1 aromatic heterocycles. The lowest BCUT2D eigenvalue weighted by Gasteiger charge is -2.27. The average molecular weight is 453 g/mol. The van der Waals surface area contributed by atoms with Gasteiger partial charge in [0.2, 0.25) is 5.78 Å². The van der Waals surface area contributed by atoms with Crippen LogP contribution in [0.1, 0.15) is 33.3 Å². The van der Waals surface area contributed by atoms with E-state index in [1.165, 1.54) is 12.0 Å². The number of ether oxygens (including phenoxy) is 1. The van der Waals surface area contributed by atoms with Gasteiger partial charge in [0, 0.05) is 11.1 Å². The van der Waals surface area contributed by atoms with Gasteiger partial charge in [-0.2, -0.15) is 0 Å². The number of carbonyl (C=O) groups excluding carboxylic acids is 2. The quantitative estimate of drug-likeness (QED) is 0.384. The highest BCUT2D eigenvalue weighted by Gasteiger charge is 2.45. The fourth-order valence-corrected chi connectivity index (χ4v) is 4.37. The number of carbonyl (C=O) groups is 2. The summed E-state index contributed by atoms with van der Waals surface area (Å²) < 4.78 is 11.2. The molecule has 4 aromatic rings. The Labute approximate surface area is 196 Å². The molecule has 1 amide bonds. The lowest BCUT2D eigenvalue weighted by atomic mass is 9.94. The maximum absolute atomic E-state index is 13.7. The number of methoxy groups -OCH3 is 1. The van der Waals surface area contributed by atoms with Gasteiger partial charge in [-0.3, -0.25) is 14.5 Å². The zero-order valence-corrected chi connectivity index (χ0v) is 19.0. The predicted molar refractivity (Wildman–Crippen MR) is 129 cm³/mol. The summed E-state index contributed by atoms with van der Waals surface area (Å²) in [5, 5.41) is 11.6. The van der Waals surface area contributed by atoms with Crippen molar-refractivity contribution in [3.8, 4) is 5.75 Å².